The van der Waals surface area contributed by atoms with Crippen molar-refractivity contribution in [3.63, 3.8) is 0 Å². The van der Waals surface area contributed by atoms with Gasteiger partial charge in [-0.3, -0.25) is 14.5 Å². The Hall–Kier alpha value is -4.31. The van der Waals surface area contributed by atoms with Crippen LogP contribution >= 0.6 is 0 Å². The van der Waals surface area contributed by atoms with Crippen LogP contribution in [-0.2, 0) is 11.3 Å². The number of amides is 1. The standard InChI is InChI=1S/C29H32N4O6/c1-17-13-24(35)28(37)29(39-17)20(18-7-8-23(34)25(14-18)38-2)15-27(36)30-19-9-11-33(12-10-19)16-26-31-21-5-3-4-6-22(21)32-26/h3-8,13-14,19-20,34,37H,9-12,15-16H2,1-2H3,(H,30,36)(H,31,32)/t20-/m0/s1. The molecular weight excluding hydrogens is 500 g/mol. The Labute approximate surface area is 225 Å². The van der Waals surface area contributed by atoms with Crippen molar-refractivity contribution in [3.05, 3.63) is 81.7 Å². The molecule has 10 nitrogen and oxygen atoms in total. The van der Waals surface area contributed by atoms with E-state index in [4.69, 9.17) is 9.15 Å². The van der Waals surface area contributed by atoms with Crippen LogP contribution in [0.25, 0.3) is 11.0 Å². The molecule has 204 valence electrons. The van der Waals surface area contributed by atoms with E-state index in [-0.39, 0.29) is 35.6 Å². The van der Waals surface area contributed by atoms with Crippen molar-refractivity contribution >= 4 is 16.9 Å². The van der Waals surface area contributed by atoms with Crippen molar-refractivity contribution < 1.29 is 24.2 Å². The van der Waals surface area contributed by atoms with Crippen molar-refractivity contribution in [1.82, 2.24) is 20.2 Å². The van der Waals surface area contributed by atoms with Crippen LogP contribution in [0, 0.1) is 6.92 Å². The van der Waals surface area contributed by atoms with Gasteiger partial charge in [0.2, 0.25) is 17.1 Å². The van der Waals surface area contributed by atoms with Gasteiger partial charge in [0.25, 0.3) is 0 Å². The highest BCUT2D eigenvalue weighted by Gasteiger charge is 2.28. The molecule has 1 saturated heterocycles. The number of aromatic amines is 1. The average Bonchev–Trinajstić information content (AvgIpc) is 3.33. The van der Waals surface area contributed by atoms with Crippen molar-refractivity contribution in [2.24, 2.45) is 0 Å². The van der Waals surface area contributed by atoms with Crippen LogP contribution in [-0.4, -0.2) is 57.2 Å². The van der Waals surface area contributed by atoms with Crippen LogP contribution in [0.5, 0.6) is 17.2 Å². The van der Waals surface area contributed by atoms with Crippen LogP contribution < -0.4 is 15.5 Å². The number of hydrogen-bond donors (Lipinski definition) is 4. The van der Waals surface area contributed by atoms with Gasteiger partial charge < -0.3 is 29.7 Å². The fourth-order valence-corrected chi connectivity index (χ4v) is 5.13. The number of phenolic OH excluding ortho intramolecular Hbond substituents is 1. The van der Waals surface area contributed by atoms with E-state index in [1.807, 2.05) is 24.3 Å². The maximum atomic E-state index is 13.2. The molecule has 39 heavy (non-hydrogen) atoms. The summed E-state index contributed by atoms with van der Waals surface area (Å²) in [7, 11) is 1.42. The van der Waals surface area contributed by atoms with Gasteiger partial charge >= 0.3 is 0 Å². The lowest BCUT2D eigenvalue weighted by Gasteiger charge is -2.32. The number of likely N-dealkylation sites (tertiary alicyclic amines) is 1. The first-order chi connectivity index (χ1) is 18.8. The number of imidazole rings is 1. The zero-order valence-corrected chi connectivity index (χ0v) is 21.9. The molecule has 2 aromatic heterocycles. The third kappa shape index (κ3) is 5.91. The first-order valence-electron chi connectivity index (χ1n) is 13.0. The summed E-state index contributed by atoms with van der Waals surface area (Å²) in [6.07, 6.45) is 1.51. The lowest BCUT2D eigenvalue weighted by atomic mass is 9.91. The molecular formula is C29H32N4O6. The van der Waals surface area contributed by atoms with Crippen molar-refractivity contribution in [3.8, 4) is 17.2 Å². The molecule has 1 fully saturated rings. The third-order valence-electron chi connectivity index (χ3n) is 7.15. The maximum absolute atomic E-state index is 13.2. The van der Waals surface area contributed by atoms with E-state index < -0.39 is 17.1 Å². The molecule has 1 atom stereocenters. The number of H-pyrrole nitrogens is 1. The molecule has 1 amide bonds. The average molecular weight is 533 g/mol. The molecule has 0 radical (unpaired) electrons. The number of hydrogen-bond acceptors (Lipinski definition) is 8. The van der Waals surface area contributed by atoms with Gasteiger partial charge in [-0.05, 0) is 49.6 Å². The van der Waals surface area contributed by atoms with E-state index in [1.54, 1.807) is 19.1 Å². The zero-order valence-electron chi connectivity index (χ0n) is 21.9. The Morgan fingerprint density at radius 3 is 2.72 bits per heavy atom. The number of fused-ring (bicyclic) bond motifs is 1. The van der Waals surface area contributed by atoms with E-state index in [1.165, 1.54) is 19.2 Å². The molecule has 4 N–H and O–H groups in total. The van der Waals surface area contributed by atoms with Gasteiger partial charge in [-0.2, -0.15) is 0 Å². The number of para-hydroxylation sites is 2. The number of aryl methyl sites for hydroxylation is 1. The highest BCUT2D eigenvalue weighted by molar-refractivity contribution is 5.78. The number of carbonyl (C=O) groups excluding carboxylic acids is 1. The van der Waals surface area contributed by atoms with Crippen LogP contribution in [0.3, 0.4) is 0 Å². The summed E-state index contributed by atoms with van der Waals surface area (Å²) in [5, 5.41) is 23.7. The quantitative estimate of drug-likeness (QED) is 0.270. The van der Waals surface area contributed by atoms with E-state index in [0.717, 1.165) is 42.8 Å². The summed E-state index contributed by atoms with van der Waals surface area (Å²) in [5.74, 6) is -0.136. The van der Waals surface area contributed by atoms with Gasteiger partial charge in [-0.15, -0.1) is 0 Å². The van der Waals surface area contributed by atoms with Crippen molar-refractivity contribution in [2.45, 2.75) is 44.7 Å². The molecule has 4 aromatic rings. The summed E-state index contributed by atoms with van der Waals surface area (Å²) in [4.78, 5) is 35.9. The topological polar surface area (TPSA) is 141 Å². The minimum Gasteiger partial charge on any atom is -0.504 e. The predicted octanol–water partition coefficient (Wildman–Crippen LogP) is 3.55. The summed E-state index contributed by atoms with van der Waals surface area (Å²) in [6, 6.07) is 13.8. The molecule has 0 spiro atoms. The lowest BCUT2D eigenvalue weighted by Crippen LogP contribution is -2.44. The largest absolute Gasteiger partial charge is 0.504 e. The number of aromatic hydroxyl groups is 2. The number of piperidine rings is 1. The molecule has 0 bridgehead atoms. The summed E-state index contributed by atoms with van der Waals surface area (Å²) < 4.78 is 11.0. The number of nitrogens with zero attached hydrogens (tertiary/aromatic N) is 2. The van der Waals surface area contributed by atoms with Crippen LogP contribution in [0.15, 0.2) is 57.7 Å². The number of phenols is 1. The molecule has 1 aliphatic rings. The first-order valence-corrected chi connectivity index (χ1v) is 13.0. The van der Waals surface area contributed by atoms with Crippen LogP contribution in [0.2, 0.25) is 0 Å². The number of carbonyl (C=O) groups is 1. The van der Waals surface area contributed by atoms with E-state index in [0.29, 0.717) is 17.9 Å². The molecule has 0 saturated carbocycles. The summed E-state index contributed by atoms with van der Waals surface area (Å²) in [5.41, 5.74) is 1.95. The minimum absolute atomic E-state index is 0.00228. The zero-order chi connectivity index (χ0) is 27.5. The van der Waals surface area contributed by atoms with E-state index >= 15 is 0 Å². The smallest absolute Gasteiger partial charge is 0.227 e. The molecule has 10 heteroatoms. The number of rotatable bonds is 8. The Morgan fingerprint density at radius 2 is 1.97 bits per heavy atom. The maximum Gasteiger partial charge on any atom is 0.227 e. The number of benzene rings is 2. The van der Waals surface area contributed by atoms with Gasteiger partial charge in [-0.25, -0.2) is 4.98 Å². The Balaban J connectivity index is 1.26. The Kier molecular flexibility index (Phi) is 7.56. The number of nitrogens with one attached hydrogen (secondary N) is 2. The van der Waals surface area contributed by atoms with Gasteiger partial charge in [0, 0.05) is 31.6 Å². The second-order valence-corrected chi connectivity index (χ2v) is 9.94. The Morgan fingerprint density at radius 1 is 1.21 bits per heavy atom. The number of ether oxygens (including phenoxy) is 1. The van der Waals surface area contributed by atoms with Gasteiger partial charge in [-0.1, -0.05) is 18.2 Å². The fourth-order valence-electron chi connectivity index (χ4n) is 5.13. The summed E-state index contributed by atoms with van der Waals surface area (Å²) >= 11 is 0. The highest BCUT2D eigenvalue weighted by atomic mass is 16.5. The third-order valence-corrected chi connectivity index (χ3v) is 7.15. The van der Waals surface area contributed by atoms with Crippen molar-refractivity contribution in [1.29, 1.82) is 0 Å². The molecule has 2 aromatic carbocycles. The van der Waals surface area contributed by atoms with Gasteiger partial charge in [0.05, 0.1) is 30.6 Å². The number of aromatic nitrogens is 2. The molecule has 0 aliphatic carbocycles. The molecule has 5 rings (SSSR count). The lowest BCUT2D eigenvalue weighted by molar-refractivity contribution is -0.122. The van der Waals surface area contributed by atoms with E-state index in [2.05, 4.69) is 20.2 Å². The van der Waals surface area contributed by atoms with Crippen LogP contribution in [0.1, 0.15) is 48.1 Å². The molecule has 0 unspecified atom stereocenters. The summed E-state index contributed by atoms with van der Waals surface area (Å²) in [6.45, 7) is 3.95. The molecule has 1 aliphatic heterocycles. The minimum atomic E-state index is -0.764. The second-order valence-electron chi connectivity index (χ2n) is 9.94. The Bertz CT molecular complexity index is 1500. The first kappa shape index (κ1) is 26.3. The van der Waals surface area contributed by atoms with Gasteiger partial charge in [0.1, 0.15) is 11.6 Å². The SMILES string of the molecule is COc1cc([C@H](CC(=O)NC2CCN(Cc3nc4ccccc4[nH]3)CC2)c2oc(C)cc(=O)c2O)ccc1O. The predicted molar refractivity (Wildman–Crippen MR) is 145 cm³/mol. The molecule has 3 heterocycles. The van der Waals surface area contributed by atoms with E-state index in [9.17, 15) is 19.8 Å². The van der Waals surface area contributed by atoms with Crippen molar-refractivity contribution in [2.75, 3.05) is 20.2 Å². The fraction of sp³-hybridized carbons (Fsp3) is 0.345. The highest BCUT2D eigenvalue weighted by Crippen LogP contribution is 2.37. The number of methoxy groups -OCH3 is 1. The van der Waals surface area contributed by atoms with Gasteiger partial charge in [0.15, 0.2) is 17.3 Å². The second kappa shape index (κ2) is 11.2. The normalized spacial score (nSPS) is 15.3. The van der Waals surface area contributed by atoms with Crippen LogP contribution in [0.4, 0.5) is 0 Å². The monoisotopic (exact) mass is 532 g/mol.